The molecule has 4 rings (SSSR count). The molecular formula is C17H17FN4O5. The number of amides is 1. The molecular weight excluding hydrogens is 359 g/mol. The maximum absolute atomic E-state index is 14.6. The number of rotatable bonds is 5. The van der Waals surface area contributed by atoms with Gasteiger partial charge in [0.1, 0.15) is 18.7 Å². The number of cyclic esters (lactones) is 1. The van der Waals surface area contributed by atoms with Gasteiger partial charge < -0.3 is 24.1 Å². The van der Waals surface area contributed by atoms with Crippen molar-refractivity contribution in [1.82, 2.24) is 5.16 Å². The van der Waals surface area contributed by atoms with Crippen LogP contribution in [0, 0.1) is 5.82 Å². The molecule has 2 saturated heterocycles. The van der Waals surface area contributed by atoms with Gasteiger partial charge in [-0.1, -0.05) is 5.16 Å². The van der Waals surface area contributed by atoms with Gasteiger partial charge in [0.25, 0.3) is 5.88 Å². The summed E-state index contributed by atoms with van der Waals surface area (Å²) in [4.78, 5) is 15.3. The number of oxime groups is 1. The van der Waals surface area contributed by atoms with Crippen LogP contribution in [0.3, 0.4) is 0 Å². The first kappa shape index (κ1) is 17.1. The highest BCUT2D eigenvalue weighted by Crippen LogP contribution is 2.29. The lowest BCUT2D eigenvalue weighted by Gasteiger charge is -2.20. The van der Waals surface area contributed by atoms with E-state index in [-0.39, 0.29) is 13.2 Å². The minimum atomic E-state index is -0.563. The Hall–Kier alpha value is -3.30. The Kier molecular flexibility index (Phi) is 4.53. The van der Waals surface area contributed by atoms with E-state index in [0.29, 0.717) is 42.5 Å². The molecule has 1 N–H and O–H groups in total. The van der Waals surface area contributed by atoms with Crippen LogP contribution in [-0.2, 0) is 4.74 Å². The Morgan fingerprint density at radius 1 is 1.41 bits per heavy atom. The first-order valence-corrected chi connectivity index (χ1v) is 8.39. The zero-order valence-electron chi connectivity index (χ0n) is 14.2. The fraction of sp³-hybridized carbons (Fsp3) is 0.353. The normalized spacial score (nSPS) is 21.1. The summed E-state index contributed by atoms with van der Waals surface area (Å²) < 4.78 is 29.9. The highest BCUT2D eigenvalue weighted by molar-refractivity contribution is 5.92. The van der Waals surface area contributed by atoms with Crippen molar-refractivity contribution in [3.8, 4) is 5.88 Å². The van der Waals surface area contributed by atoms with Crippen molar-refractivity contribution in [2.75, 3.05) is 36.0 Å². The molecule has 9 nitrogen and oxygen atoms in total. The molecule has 27 heavy (non-hydrogen) atoms. The van der Waals surface area contributed by atoms with E-state index < -0.39 is 18.0 Å². The van der Waals surface area contributed by atoms with Gasteiger partial charge in [-0.05, 0) is 23.4 Å². The van der Waals surface area contributed by atoms with Gasteiger partial charge in [0.05, 0.1) is 30.2 Å². The van der Waals surface area contributed by atoms with Gasteiger partial charge in [-0.2, -0.15) is 0 Å². The zero-order valence-corrected chi connectivity index (χ0v) is 14.2. The summed E-state index contributed by atoms with van der Waals surface area (Å²) in [5, 5.41) is 15.6. The largest absolute Gasteiger partial charge is 0.471 e. The van der Waals surface area contributed by atoms with Crippen LogP contribution < -0.4 is 14.5 Å². The summed E-state index contributed by atoms with van der Waals surface area (Å²) in [6.07, 6.45) is 0.900. The molecule has 2 aliphatic rings. The molecule has 1 unspecified atom stereocenters. The predicted molar refractivity (Wildman–Crippen MR) is 92.1 cm³/mol. The first-order valence-electron chi connectivity index (χ1n) is 8.39. The third-order valence-corrected chi connectivity index (χ3v) is 4.47. The minimum Gasteiger partial charge on any atom is -0.471 e. The molecule has 3 heterocycles. The van der Waals surface area contributed by atoms with E-state index in [9.17, 15) is 9.18 Å². The van der Waals surface area contributed by atoms with Crippen LogP contribution in [0.1, 0.15) is 6.42 Å². The number of nitrogens with zero attached hydrogens (tertiary/aromatic N) is 4. The Morgan fingerprint density at radius 2 is 2.30 bits per heavy atom. The van der Waals surface area contributed by atoms with Crippen LogP contribution in [0.4, 0.5) is 20.6 Å². The number of halogens is 1. The number of hydrogen-bond acceptors (Lipinski definition) is 8. The fourth-order valence-corrected chi connectivity index (χ4v) is 3.12. The molecule has 0 bridgehead atoms. The summed E-state index contributed by atoms with van der Waals surface area (Å²) in [6, 6.07) is 6.12. The van der Waals surface area contributed by atoms with Crippen molar-refractivity contribution < 1.29 is 28.4 Å². The van der Waals surface area contributed by atoms with E-state index in [1.54, 1.807) is 23.1 Å². The number of carbonyl (C=O) groups excluding carboxylic acids is 1. The average molecular weight is 376 g/mol. The van der Waals surface area contributed by atoms with Crippen molar-refractivity contribution >= 4 is 23.2 Å². The van der Waals surface area contributed by atoms with Gasteiger partial charge in [0.2, 0.25) is 0 Å². The lowest BCUT2D eigenvalue weighted by molar-refractivity contribution is 0.102. The van der Waals surface area contributed by atoms with Crippen LogP contribution in [-0.4, -0.2) is 54.5 Å². The van der Waals surface area contributed by atoms with Crippen LogP contribution in [0.25, 0.3) is 0 Å². The van der Waals surface area contributed by atoms with Crippen LogP contribution in [0.5, 0.6) is 5.88 Å². The maximum Gasteiger partial charge on any atom is 0.414 e. The number of hydrogen-bond donors (Lipinski definition) is 1. The van der Waals surface area contributed by atoms with Crippen LogP contribution in [0.2, 0.25) is 0 Å². The van der Waals surface area contributed by atoms with Crippen LogP contribution in [0.15, 0.2) is 40.2 Å². The molecule has 1 amide bonds. The van der Waals surface area contributed by atoms with Crippen molar-refractivity contribution in [2.24, 2.45) is 5.16 Å². The molecule has 2 aliphatic heterocycles. The van der Waals surface area contributed by atoms with Crippen molar-refractivity contribution in [2.45, 2.75) is 12.5 Å². The van der Waals surface area contributed by atoms with E-state index in [2.05, 4.69) is 14.8 Å². The number of anilines is 2. The van der Waals surface area contributed by atoms with Gasteiger partial charge >= 0.3 is 6.09 Å². The summed E-state index contributed by atoms with van der Waals surface area (Å²) in [5.41, 5.74) is 1.41. The van der Waals surface area contributed by atoms with E-state index in [1.165, 1.54) is 17.2 Å². The molecule has 2 fully saturated rings. The van der Waals surface area contributed by atoms with Gasteiger partial charge in [-0.15, -0.1) is 0 Å². The van der Waals surface area contributed by atoms with Gasteiger partial charge in [0, 0.05) is 19.0 Å². The lowest BCUT2D eigenvalue weighted by atomic mass is 10.2. The molecule has 142 valence electrons. The molecule has 1 aromatic heterocycles. The number of carbonyl (C=O) groups is 1. The van der Waals surface area contributed by atoms with Crippen molar-refractivity contribution in [3.63, 3.8) is 0 Å². The maximum atomic E-state index is 14.6. The molecule has 1 aromatic carbocycles. The minimum absolute atomic E-state index is 0.117. The molecule has 0 radical (unpaired) electrons. The zero-order chi connectivity index (χ0) is 18.8. The molecule has 1 atom stereocenters. The fourth-order valence-electron chi connectivity index (χ4n) is 3.12. The van der Waals surface area contributed by atoms with E-state index in [0.717, 1.165) is 0 Å². The van der Waals surface area contributed by atoms with E-state index >= 15 is 0 Å². The Bertz CT molecular complexity index is 857. The van der Waals surface area contributed by atoms with Gasteiger partial charge in [-0.3, -0.25) is 4.90 Å². The second-order valence-electron chi connectivity index (χ2n) is 6.24. The average Bonchev–Trinajstić information content (AvgIpc) is 3.41. The van der Waals surface area contributed by atoms with Crippen LogP contribution >= 0.6 is 0 Å². The molecule has 0 saturated carbocycles. The predicted octanol–water partition coefficient (Wildman–Crippen LogP) is 2.26. The monoisotopic (exact) mass is 376 g/mol. The quantitative estimate of drug-likeness (QED) is 0.631. The second kappa shape index (κ2) is 7.14. The van der Waals surface area contributed by atoms with Crippen molar-refractivity contribution in [3.05, 3.63) is 36.3 Å². The van der Waals surface area contributed by atoms with Gasteiger partial charge in [-0.25, -0.2) is 9.18 Å². The molecule has 2 aromatic rings. The first-order chi connectivity index (χ1) is 13.1. The van der Waals surface area contributed by atoms with Gasteiger partial charge in [0.15, 0.2) is 6.10 Å². The third-order valence-electron chi connectivity index (χ3n) is 4.47. The molecule has 10 heteroatoms. The third kappa shape index (κ3) is 3.50. The summed E-state index contributed by atoms with van der Waals surface area (Å²) in [7, 11) is 0. The SMILES string of the molecule is O=C1OC(COc2ccon2)CN1c1ccc(N2CC/C(=N/O)C2)c(F)c1. The second-order valence-corrected chi connectivity index (χ2v) is 6.24. The molecule has 0 spiro atoms. The highest BCUT2D eigenvalue weighted by Gasteiger charge is 2.33. The van der Waals surface area contributed by atoms with E-state index in [1.807, 2.05) is 0 Å². The standard InChI is InChI=1S/C17H17FN4O5/c18-14-7-12(1-2-15(14)21-5-3-11(8-21)19-24)22-9-13(27-17(22)23)10-25-16-4-6-26-20-16/h1-2,4,6-7,13,24H,3,5,8-10H2/b19-11-. The Morgan fingerprint density at radius 3 is 3.00 bits per heavy atom. The number of ether oxygens (including phenoxy) is 2. The topological polar surface area (TPSA) is 101 Å². The Labute approximate surface area is 153 Å². The lowest BCUT2D eigenvalue weighted by Crippen LogP contribution is -2.27. The van der Waals surface area contributed by atoms with E-state index in [4.69, 9.17) is 14.7 Å². The summed E-state index contributed by atoms with van der Waals surface area (Å²) in [6.45, 7) is 1.30. The summed E-state index contributed by atoms with van der Waals surface area (Å²) in [5.74, 6) is -0.155. The summed E-state index contributed by atoms with van der Waals surface area (Å²) >= 11 is 0. The number of aromatic nitrogens is 1. The smallest absolute Gasteiger partial charge is 0.414 e. The number of benzene rings is 1. The van der Waals surface area contributed by atoms with Crippen molar-refractivity contribution in [1.29, 1.82) is 0 Å². The Balaban J connectivity index is 1.42. The highest BCUT2D eigenvalue weighted by atomic mass is 19.1. The molecule has 0 aliphatic carbocycles.